The van der Waals surface area contributed by atoms with Gasteiger partial charge in [0.15, 0.2) is 6.29 Å². The summed E-state index contributed by atoms with van der Waals surface area (Å²) in [6, 6.07) is 0.279. The van der Waals surface area contributed by atoms with Gasteiger partial charge in [0.25, 0.3) is 0 Å². The van der Waals surface area contributed by atoms with E-state index in [0.29, 0.717) is 6.07 Å². The van der Waals surface area contributed by atoms with Crippen LogP contribution >= 0.6 is 0 Å². The quantitative estimate of drug-likeness (QED) is 0.608. The monoisotopic (exact) mass is 272 g/mol. The smallest absolute Gasteiger partial charge is 0.419 e. The summed E-state index contributed by atoms with van der Waals surface area (Å²) >= 11 is 0. The van der Waals surface area contributed by atoms with Crippen molar-refractivity contribution >= 4 is 6.29 Å². The van der Waals surface area contributed by atoms with Crippen LogP contribution in [0.1, 0.15) is 21.5 Å². The van der Waals surface area contributed by atoms with E-state index in [9.17, 15) is 31.1 Å². The first kappa shape index (κ1) is 14.3. The molecule has 0 radical (unpaired) electrons. The van der Waals surface area contributed by atoms with Crippen LogP contribution in [0.25, 0.3) is 0 Å². The van der Waals surface area contributed by atoms with E-state index in [-0.39, 0.29) is 12.4 Å². The Hall–Kier alpha value is -1.73. The Labute approximate surface area is 97.2 Å². The number of aldehydes is 1. The van der Waals surface area contributed by atoms with Crippen molar-refractivity contribution in [3.05, 3.63) is 28.8 Å². The third-order valence-corrected chi connectivity index (χ3v) is 2.11. The number of carbonyl (C=O) groups is 1. The minimum Gasteiger partial charge on any atom is -0.496 e. The summed E-state index contributed by atoms with van der Waals surface area (Å²) in [4.78, 5) is 10.5. The molecule has 0 aliphatic heterocycles. The summed E-state index contributed by atoms with van der Waals surface area (Å²) < 4.78 is 79.3. The Morgan fingerprint density at radius 1 is 1.00 bits per heavy atom. The molecule has 0 bridgehead atoms. The summed E-state index contributed by atoms with van der Waals surface area (Å²) in [5.41, 5.74) is -4.14. The second-order valence-corrected chi connectivity index (χ2v) is 3.25. The molecule has 8 heteroatoms. The number of hydrogen-bond acceptors (Lipinski definition) is 2. The Bertz CT molecular complexity index is 461. The topological polar surface area (TPSA) is 26.3 Å². The lowest BCUT2D eigenvalue weighted by Crippen LogP contribution is -2.14. The van der Waals surface area contributed by atoms with Crippen LogP contribution in [0.2, 0.25) is 0 Å². The maximum Gasteiger partial charge on any atom is 0.419 e. The van der Waals surface area contributed by atoms with E-state index in [4.69, 9.17) is 0 Å². The van der Waals surface area contributed by atoms with Crippen molar-refractivity contribution in [3.8, 4) is 5.75 Å². The van der Waals surface area contributed by atoms with Gasteiger partial charge in [-0.25, -0.2) is 0 Å². The van der Waals surface area contributed by atoms with Gasteiger partial charge in [-0.05, 0) is 12.1 Å². The average molecular weight is 272 g/mol. The highest BCUT2D eigenvalue weighted by Crippen LogP contribution is 2.41. The summed E-state index contributed by atoms with van der Waals surface area (Å²) in [6.07, 6.45) is -10.2. The summed E-state index contributed by atoms with van der Waals surface area (Å²) in [6.45, 7) is 0. The fourth-order valence-corrected chi connectivity index (χ4v) is 1.33. The molecule has 0 heterocycles. The van der Waals surface area contributed by atoms with E-state index in [0.717, 1.165) is 7.11 Å². The average Bonchev–Trinajstić information content (AvgIpc) is 2.24. The maximum atomic E-state index is 12.5. The van der Waals surface area contributed by atoms with Crippen LogP contribution in [0, 0.1) is 0 Å². The van der Waals surface area contributed by atoms with E-state index in [1.165, 1.54) is 0 Å². The van der Waals surface area contributed by atoms with Crippen molar-refractivity contribution < 1.29 is 35.9 Å². The van der Waals surface area contributed by atoms with Crippen LogP contribution in [0.15, 0.2) is 12.1 Å². The van der Waals surface area contributed by atoms with Crippen molar-refractivity contribution in [3.63, 3.8) is 0 Å². The highest BCUT2D eigenvalue weighted by Gasteiger charge is 2.40. The first-order valence-corrected chi connectivity index (χ1v) is 4.43. The number of benzene rings is 1. The van der Waals surface area contributed by atoms with Crippen LogP contribution in [0.3, 0.4) is 0 Å². The second kappa shape index (κ2) is 4.51. The van der Waals surface area contributed by atoms with Crippen LogP contribution in [-0.4, -0.2) is 13.4 Å². The molecule has 0 fully saturated rings. The molecule has 1 rings (SSSR count). The van der Waals surface area contributed by atoms with Gasteiger partial charge in [0.1, 0.15) is 5.75 Å². The zero-order chi connectivity index (χ0) is 14.1. The van der Waals surface area contributed by atoms with Crippen LogP contribution in [0.4, 0.5) is 26.3 Å². The Kier molecular flexibility index (Phi) is 3.59. The molecule has 1 aromatic rings. The molecule has 0 saturated heterocycles. The lowest BCUT2D eigenvalue weighted by atomic mass is 10.0. The zero-order valence-corrected chi connectivity index (χ0v) is 8.82. The Morgan fingerprint density at radius 3 is 1.83 bits per heavy atom. The van der Waals surface area contributed by atoms with Crippen LogP contribution < -0.4 is 4.74 Å². The molecule has 1 aromatic carbocycles. The molecule has 100 valence electrons. The van der Waals surface area contributed by atoms with E-state index >= 15 is 0 Å². The first-order valence-electron chi connectivity index (χ1n) is 4.43. The molecular formula is C10H6F6O2. The molecule has 18 heavy (non-hydrogen) atoms. The van der Waals surface area contributed by atoms with Crippen molar-refractivity contribution in [1.29, 1.82) is 0 Å². The largest absolute Gasteiger partial charge is 0.496 e. The van der Waals surface area contributed by atoms with Crippen LogP contribution in [0.5, 0.6) is 5.75 Å². The summed E-state index contributed by atoms with van der Waals surface area (Å²) in [5.74, 6) is -0.836. The van der Waals surface area contributed by atoms with Crippen molar-refractivity contribution in [1.82, 2.24) is 0 Å². The predicted octanol–water partition coefficient (Wildman–Crippen LogP) is 3.55. The number of carbonyl (C=O) groups excluding carboxylic acids is 1. The molecule has 0 aliphatic rings. The molecule has 2 nitrogen and oxygen atoms in total. The van der Waals surface area contributed by atoms with Gasteiger partial charge >= 0.3 is 12.4 Å². The molecule has 0 aliphatic carbocycles. The lowest BCUT2D eigenvalue weighted by Gasteiger charge is -2.16. The molecule has 0 N–H and O–H groups in total. The number of ether oxygens (including phenoxy) is 1. The number of rotatable bonds is 2. The Balaban J connectivity index is 3.60. The predicted molar refractivity (Wildman–Crippen MR) is 48.4 cm³/mol. The molecule has 0 aromatic heterocycles. The van der Waals surface area contributed by atoms with Gasteiger partial charge in [-0.3, -0.25) is 4.79 Å². The molecule has 0 unspecified atom stereocenters. The van der Waals surface area contributed by atoms with Crippen molar-refractivity contribution in [2.45, 2.75) is 12.4 Å². The van der Waals surface area contributed by atoms with Crippen LogP contribution in [-0.2, 0) is 12.4 Å². The van der Waals surface area contributed by atoms with Gasteiger partial charge in [0.2, 0.25) is 0 Å². The second-order valence-electron chi connectivity index (χ2n) is 3.25. The number of alkyl halides is 6. The molecular weight excluding hydrogens is 266 g/mol. The zero-order valence-electron chi connectivity index (χ0n) is 8.82. The highest BCUT2D eigenvalue weighted by atomic mass is 19.4. The molecule has 0 spiro atoms. The van der Waals surface area contributed by atoms with E-state index < -0.39 is 34.8 Å². The van der Waals surface area contributed by atoms with Crippen molar-refractivity contribution in [2.75, 3.05) is 7.11 Å². The summed E-state index contributed by atoms with van der Waals surface area (Å²) in [5, 5.41) is 0. The van der Waals surface area contributed by atoms with Gasteiger partial charge in [-0.2, -0.15) is 26.3 Å². The third kappa shape index (κ3) is 2.74. The number of methoxy groups -OCH3 is 1. The molecule has 0 atom stereocenters. The Morgan fingerprint density at radius 2 is 1.50 bits per heavy atom. The van der Waals surface area contributed by atoms with E-state index in [1.807, 2.05) is 0 Å². The summed E-state index contributed by atoms with van der Waals surface area (Å²) in [7, 11) is 0.867. The first-order chi connectivity index (χ1) is 8.11. The minimum atomic E-state index is -5.05. The number of halogens is 6. The number of hydrogen-bond donors (Lipinski definition) is 0. The van der Waals surface area contributed by atoms with E-state index in [1.54, 1.807) is 0 Å². The fraction of sp³-hybridized carbons (Fsp3) is 0.300. The lowest BCUT2D eigenvalue weighted by molar-refractivity contribution is -0.143. The van der Waals surface area contributed by atoms with Gasteiger partial charge in [0.05, 0.1) is 18.2 Å². The van der Waals surface area contributed by atoms with Gasteiger partial charge in [-0.1, -0.05) is 0 Å². The molecule has 0 amide bonds. The molecule has 0 saturated carbocycles. The maximum absolute atomic E-state index is 12.5. The van der Waals surface area contributed by atoms with Crippen molar-refractivity contribution in [2.24, 2.45) is 0 Å². The van der Waals surface area contributed by atoms with Gasteiger partial charge in [-0.15, -0.1) is 0 Å². The van der Waals surface area contributed by atoms with Gasteiger partial charge < -0.3 is 4.74 Å². The fourth-order valence-electron chi connectivity index (χ4n) is 1.33. The van der Waals surface area contributed by atoms with Gasteiger partial charge in [0, 0.05) is 5.56 Å². The SMILES string of the molecule is COc1cc(C=O)c(C(F)(F)F)cc1C(F)(F)F. The highest BCUT2D eigenvalue weighted by molar-refractivity contribution is 5.79. The third-order valence-electron chi connectivity index (χ3n) is 2.11. The van der Waals surface area contributed by atoms with E-state index in [2.05, 4.69) is 4.74 Å². The normalized spacial score (nSPS) is 12.4. The minimum absolute atomic E-state index is 0.136. The standard InChI is InChI=1S/C10H6F6O2/c1-18-8-2-5(4-17)6(9(11,12)13)3-7(8)10(14,15)16/h2-4H,1H3.